The van der Waals surface area contributed by atoms with Crippen LogP contribution in [0.1, 0.15) is 35.2 Å². The summed E-state index contributed by atoms with van der Waals surface area (Å²) in [4.78, 5) is 4.87. The minimum atomic E-state index is -3.23. The lowest BCUT2D eigenvalue weighted by Crippen LogP contribution is -2.26. The summed E-state index contributed by atoms with van der Waals surface area (Å²) < 4.78 is 35.0. The van der Waals surface area contributed by atoms with Gasteiger partial charge in [0.15, 0.2) is 9.84 Å². The van der Waals surface area contributed by atoms with Crippen LogP contribution >= 0.6 is 0 Å². The molecule has 0 N–H and O–H groups in total. The Kier molecular flexibility index (Phi) is 5.94. The van der Waals surface area contributed by atoms with Crippen LogP contribution in [-0.2, 0) is 21.0 Å². The zero-order valence-corrected chi connectivity index (χ0v) is 19.6. The van der Waals surface area contributed by atoms with Gasteiger partial charge in [0, 0.05) is 37.3 Å². The molecule has 7 heteroatoms. The summed E-state index contributed by atoms with van der Waals surface area (Å²) in [6, 6.07) is 16.9. The van der Waals surface area contributed by atoms with Crippen LogP contribution in [0.4, 0.5) is 0 Å². The largest absolute Gasteiger partial charge is 0.489 e. The van der Waals surface area contributed by atoms with Crippen LogP contribution in [-0.4, -0.2) is 39.0 Å². The third-order valence-corrected chi connectivity index (χ3v) is 7.40. The van der Waals surface area contributed by atoms with E-state index in [0.717, 1.165) is 46.4 Å². The number of allylic oxidation sites excluding steroid dienone is 1. The summed E-state index contributed by atoms with van der Waals surface area (Å²) in [5.74, 6) is 0.603. The van der Waals surface area contributed by atoms with Crippen molar-refractivity contribution in [2.24, 2.45) is 0 Å². The van der Waals surface area contributed by atoms with E-state index in [9.17, 15) is 13.7 Å². The number of aromatic nitrogens is 1. The van der Waals surface area contributed by atoms with Crippen LogP contribution in [0.2, 0.25) is 0 Å². The number of pyridine rings is 1. The smallest absolute Gasteiger partial charge is 0.175 e. The van der Waals surface area contributed by atoms with Crippen molar-refractivity contribution in [1.82, 2.24) is 4.98 Å². The van der Waals surface area contributed by atoms with E-state index in [-0.39, 0.29) is 6.10 Å². The molecule has 2 aromatic carbocycles. The summed E-state index contributed by atoms with van der Waals surface area (Å²) in [5.41, 5.74) is 6.46. The fraction of sp³-hybridized carbons (Fsp3) is 0.259. The monoisotopic (exact) mass is 472 g/mol. The van der Waals surface area contributed by atoms with Gasteiger partial charge in [-0.25, -0.2) is 8.42 Å². The molecule has 1 aliphatic heterocycles. The summed E-state index contributed by atoms with van der Waals surface area (Å²) in [5, 5.41) is 9.76. The first-order valence-electron chi connectivity index (χ1n) is 11.2. The van der Waals surface area contributed by atoms with E-state index in [1.54, 1.807) is 18.3 Å². The lowest BCUT2D eigenvalue weighted by molar-refractivity contribution is 0.0254. The highest BCUT2D eigenvalue weighted by molar-refractivity contribution is 7.90. The molecule has 2 aliphatic rings. The van der Waals surface area contributed by atoms with Gasteiger partial charge in [0.2, 0.25) is 0 Å². The van der Waals surface area contributed by atoms with E-state index < -0.39 is 9.84 Å². The van der Waals surface area contributed by atoms with Crippen molar-refractivity contribution in [1.29, 1.82) is 5.26 Å². The molecular formula is C27H24N2O4S. The molecule has 34 heavy (non-hydrogen) atoms. The molecule has 1 fully saturated rings. The summed E-state index contributed by atoms with van der Waals surface area (Å²) in [6.45, 7) is 1.36. The molecule has 0 amide bonds. The average molecular weight is 473 g/mol. The van der Waals surface area contributed by atoms with E-state index in [1.807, 2.05) is 36.4 Å². The van der Waals surface area contributed by atoms with Crippen LogP contribution in [0.3, 0.4) is 0 Å². The minimum Gasteiger partial charge on any atom is -0.489 e. The number of fused-ring (bicyclic) bond motifs is 1. The normalized spacial score (nSPS) is 15.9. The summed E-state index contributed by atoms with van der Waals surface area (Å²) >= 11 is 0. The summed E-state index contributed by atoms with van der Waals surface area (Å²) in [6.07, 6.45) is 7.47. The number of ether oxygens (including phenoxy) is 2. The van der Waals surface area contributed by atoms with Crippen molar-refractivity contribution in [3.63, 3.8) is 0 Å². The molecule has 2 heterocycles. The van der Waals surface area contributed by atoms with Gasteiger partial charge in [-0.1, -0.05) is 18.2 Å². The Bertz CT molecular complexity index is 1410. The molecule has 172 valence electrons. The molecule has 0 saturated carbocycles. The predicted molar refractivity (Wildman–Crippen MR) is 130 cm³/mol. The molecule has 0 unspecified atom stereocenters. The van der Waals surface area contributed by atoms with Crippen molar-refractivity contribution < 1.29 is 17.9 Å². The number of benzene rings is 2. The van der Waals surface area contributed by atoms with Gasteiger partial charge in [-0.15, -0.1) is 0 Å². The van der Waals surface area contributed by atoms with E-state index in [2.05, 4.69) is 17.1 Å². The Morgan fingerprint density at radius 1 is 1.06 bits per heavy atom. The van der Waals surface area contributed by atoms with Gasteiger partial charge < -0.3 is 9.47 Å². The molecule has 1 aromatic heterocycles. The van der Waals surface area contributed by atoms with Crippen LogP contribution in [0.15, 0.2) is 59.6 Å². The van der Waals surface area contributed by atoms with Crippen molar-refractivity contribution >= 4 is 21.5 Å². The Labute approximate surface area is 199 Å². The van der Waals surface area contributed by atoms with Crippen molar-refractivity contribution in [2.75, 3.05) is 19.5 Å². The zero-order valence-electron chi connectivity index (χ0n) is 18.8. The first-order chi connectivity index (χ1) is 16.4. The van der Waals surface area contributed by atoms with E-state index in [1.165, 1.54) is 6.26 Å². The molecule has 5 rings (SSSR count). The van der Waals surface area contributed by atoms with Crippen LogP contribution in [0.5, 0.6) is 5.75 Å². The Morgan fingerprint density at radius 3 is 2.50 bits per heavy atom. The van der Waals surface area contributed by atoms with Crippen LogP contribution in [0, 0.1) is 11.3 Å². The van der Waals surface area contributed by atoms with Gasteiger partial charge in [-0.05, 0) is 58.7 Å². The fourth-order valence-electron chi connectivity index (χ4n) is 4.44. The van der Waals surface area contributed by atoms with E-state index in [0.29, 0.717) is 35.8 Å². The maximum Gasteiger partial charge on any atom is 0.175 e. The molecule has 1 saturated heterocycles. The molecule has 1 aliphatic carbocycles. The molecule has 0 radical (unpaired) electrons. The van der Waals surface area contributed by atoms with Crippen LogP contribution in [0.25, 0.3) is 22.8 Å². The van der Waals surface area contributed by atoms with Gasteiger partial charge >= 0.3 is 0 Å². The lowest BCUT2D eigenvalue weighted by atomic mass is 9.98. The average Bonchev–Trinajstić information content (AvgIpc) is 3.29. The van der Waals surface area contributed by atoms with E-state index >= 15 is 0 Å². The van der Waals surface area contributed by atoms with Crippen molar-refractivity contribution in [2.45, 2.75) is 30.3 Å². The number of rotatable bonds is 5. The second kappa shape index (κ2) is 9.05. The first-order valence-corrected chi connectivity index (χ1v) is 13.1. The highest BCUT2D eigenvalue weighted by Crippen LogP contribution is 2.38. The maximum atomic E-state index is 11.8. The molecule has 0 spiro atoms. The number of hydrogen-bond donors (Lipinski definition) is 0. The standard InChI is InChI=1S/C27H24N2O4S/c1-34(30,31)23-5-2-18(3-6-23)20-15-25-24(8-11-29-26(25)16-20)19-4-7-27(21(14-19)17-28)33-22-9-12-32-13-10-22/h2-8,11,14-15,22H,9-10,12-13,16H2,1H3. The first kappa shape index (κ1) is 22.3. The fourth-order valence-corrected chi connectivity index (χ4v) is 5.07. The van der Waals surface area contributed by atoms with Gasteiger partial charge in [0.05, 0.1) is 29.4 Å². The SMILES string of the molecule is CS(=O)(=O)c1ccc(C2=Cc3c(-c4ccc(OC5CCOCC5)c(C#N)c4)ccnc3C2)cc1. The third kappa shape index (κ3) is 4.47. The second-order valence-electron chi connectivity index (χ2n) is 8.61. The molecule has 0 bridgehead atoms. The topological polar surface area (TPSA) is 89.3 Å². The second-order valence-corrected chi connectivity index (χ2v) is 10.6. The zero-order chi connectivity index (χ0) is 23.7. The quantitative estimate of drug-likeness (QED) is 0.536. The molecule has 6 nitrogen and oxygen atoms in total. The Balaban J connectivity index is 1.45. The third-order valence-electron chi connectivity index (χ3n) is 6.28. The Morgan fingerprint density at radius 2 is 1.79 bits per heavy atom. The minimum absolute atomic E-state index is 0.0662. The number of hydrogen-bond acceptors (Lipinski definition) is 6. The van der Waals surface area contributed by atoms with Crippen molar-refractivity contribution in [3.05, 3.63) is 77.1 Å². The predicted octanol–water partition coefficient (Wildman–Crippen LogP) is 4.68. The lowest BCUT2D eigenvalue weighted by Gasteiger charge is -2.24. The van der Waals surface area contributed by atoms with Gasteiger partial charge in [0.1, 0.15) is 17.9 Å². The number of sulfone groups is 1. The molecule has 3 aromatic rings. The van der Waals surface area contributed by atoms with Crippen LogP contribution < -0.4 is 4.74 Å². The van der Waals surface area contributed by atoms with E-state index in [4.69, 9.17) is 9.47 Å². The Hall–Kier alpha value is -3.47. The number of nitrogens with zero attached hydrogens (tertiary/aromatic N) is 2. The maximum absolute atomic E-state index is 11.8. The number of nitriles is 1. The van der Waals surface area contributed by atoms with Crippen molar-refractivity contribution in [3.8, 4) is 22.9 Å². The molecular weight excluding hydrogens is 448 g/mol. The highest BCUT2D eigenvalue weighted by Gasteiger charge is 2.21. The van der Waals surface area contributed by atoms with Gasteiger partial charge in [-0.2, -0.15) is 5.26 Å². The highest BCUT2D eigenvalue weighted by atomic mass is 32.2. The van der Waals surface area contributed by atoms with Gasteiger partial charge in [0.25, 0.3) is 0 Å². The molecule has 0 atom stereocenters. The summed E-state index contributed by atoms with van der Waals surface area (Å²) in [7, 11) is -3.23. The van der Waals surface area contributed by atoms with Gasteiger partial charge in [-0.3, -0.25) is 4.98 Å².